The van der Waals surface area contributed by atoms with Gasteiger partial charge in [0.25, 0.3) is 0 Å². The van der Waals surface area contributed by atoms with Crippen LogP contribution in [0.15, 0.2) is 91.5 Å². The van der Waals surface area contributed by atoms with Gasteiger partial charge in [-0.1, -0.05) is 6.07 Å². The molecule has 5 heterocycles. The fourth-order valence-corrected chi connectivity index (χ4v) is 4.13. The van der Waals surface area contributed by atoms with E-state index in [9.17, 15) is 13.2 Å². The molecule has 0 fully saturated rings. The molecule has 0 bridgehead atoms. The van der Waals surface area contributed by atoms with Crippen LogP contribution in [-0.4, -0.2) is 34.1 Å². The molecule has 0 unspecified atom stereocenters. The molecule has 0 spiro atoms. The highest BCUT2D eigenvalue weighted by Crippen LogP contribution is 2.34. The summed E-state index contributed by atoms with van der Waals surface area (Å²) in [5.41, 5.74) is 4.32. The standard InChI is InChI=1S/C27H18F3N7/c1-17-7-10-20(15-33-17)36-16-23(21-5-2-3-13-31-21)34-24(36)18-8-11-19(12-9-18)37-25-22(6-4-14-32-25)35-26(37)27(28,29)30/h2-16H,1H3. The summed E-state index contributed by atoms with van der Waals surface area (Å²) >= 11 is 0. The minimum atomic E-state index is -4.65. The number of benzene rings is 1. The van der Waals surface area contributed by atoms with Crippen molar-refractivity contribution in [2.24, 2.45) is 0 Å². The number of aromatic nitrogens is 7. The van der Waals surface area contributed by atoms with Crippen LogP contribution < -0.4 is 0 Å². The summed E-state index contributed by atoms with van der Waals surface area (Å²) < 4.78 is 44.4. The fourth-order valence-electron chi connectivity index (χ4n) is 4.13. The van der Waals surface area contributed by atoms with E-state index in [1.807, 2.05) is 48.0 Å². The maximum Gasteiger partial charge on any atom is 0.450 e. The van der Waals surface area contributed by atoms with Gasteiger partial charge < -0.3 is 0 Å². The monoisotopic (exact) mass is 497 g/mol. The molecule has 0 N–H and O–H groups in total. The molecule has 0 aliphatic rings. The van der Waals surface area contributed by atoms with E-state index < -0.39 is 12.0 Å². The molecule has 10 heteroatoms. The zero-order valence-electron chi connectivity index (χ0n) is 19.4. The van der Waals surface area contributed by atoms with E-state index in [-0.39, 0.29) is 16.9 Å². The molecule has 0 atom stereocenters. The van der Waals surface area contributed by atoms with Gasteiger partial charge in [0.15, 0.2) is 5.65 Å². The van der Waals surface area contributed by atoms with Crippen LogP contribution >= 0.6 is 0 Å². The summed E-state index contributed by atoms with van der Waals surface area (Å²) in [4.78, 5) is 21.5. The van der Waals surface area contributed by atoms with Gasteiger partial charge in [-0.3, -0.25) is 19.1 Å². The van der Waals surface area contributed by atoms with E-state index in [1.165, 1.54) is 12.3 Å². The molecule has 37 heavy (non-hydrogen) atoms. The van der Waals surface area contributed by atoms with E-state index in [0.29, 0.717) is 22.8 Å². The molecule has 5 aromatic heterocycles. The highest BCUT2D eigenvalue weighted by Gasteiger charge is 2.38. The molecule has 0 aliphatic carbocycles. The normalized spacial score (nSPS) is 11.8. The van der Waals surface area contributed by atoms with E-state index >= 15 is 0 Å². The van der Waals surface area contributed by atoms with Gasteiger partial charge in [-0.15, -0.1) is 0 Å². The van der Waals surface area contributed by atoms with E-state index in [1.54, 1.807) is 42.7 Å². The van der Waals surface area contributed by atoms with Gasteiger partial charge in [0, 0.05) is 35.5 Å². The first-order valence-electron chi connectivity index (χ1n) is 11.3. The topological polar surface area (TPSA) is 74.3 Å². The Morgan fingerprint density at radius 3 is 2.22 bits per heavy atom. The Morgan fingerprint density at radius 2 is 1.51 bits per heavy atom. The molecule has 7 nitrogen and oxygen atoms in total. The third kappa shape index (κ3) is 4.12. The van der Waals surface area contributed by atoms with Crippen molar-refractivity contribution in [3.05, 3.63) is 103 Å². The summed E-state index contributed by atoms with van der Waals surface area (Å²) in [5.74, 6) is -0.430. The van der Waals surface area contributed by atoms with Crippen molar-refractivity contribution in [2.75, 3.05) is 0 Å². The molecule has 0 aliphatic heterocycles. The predicted molar refractivity (Wildman–Crippen MR) is 132 cm³/mol. The number of imidazole rings is 2. The lowest BCUT2D eigenvalue weighted by atomic mass is 10.2. The highest BCUT2D eigenvalue weighted by molar-refractivity contribution is 5.74. The number of rotatable bonds is 4. The van der Waals surface area contributed by atoms with Crippen LogP contribution in [0, 0.1) is 6.92 Å². The van der Waals surface area contributed by atoms with Gasteiger partial charge in [-0.25, -0.2) is 15.0 Å². The average Bonchev–Trinajstić information content (AvgIpc) is 3.53. The first-order valence-corrected chi connectivity index (χ1v) is 11.3. The predicted octanol–water partition coefficient (Wildman–Crippen LogP) is 6.06. The van der Waals surface area contributed by atoms with Gasteiger partial charge in [0.2, 0.25) is 5.82 Å². The Balaban J connectivity index is 1.48. The van der Waals surface area contributed by atoms with E-state index in [0.717, 1.165) is 15.9 Å². The fraction of sp³-hybridized carbons (Fsp3) is 0.0741. The number of aryl methyl sites for hydroxylation is 1. The Bertz CT molecular complexity index is 1700. The second-order valence-corrected chi connectivity index (χ2v) is 8.35. The number of halogens is 3. The number of hydrogen-bond acceptors (Lipinski definition) is 5. The second kappa shape index (κ2) is 8.66. The quantitative estimate of drug-likeness (QED) is 0.296. The molecule has 0 radical (unpaired) electrons. The highest BCUT2D eigenvalue weighted by atomic mass is 19.4. The lowest BCUT2D eigenvalue weighted by Gasteiger charge is -2.12. The third-order valence-corrected chi connectivity index (χ3v) is 5.86. The molecule has 0 amide bonds. The minimum absolute atomic E-state index is 0.132. The van der Waals surface area contributed by atoms with Crippen LogP contribution in [0.3, 0.4) is 0 Å². The van der Waals surface area contributed by atoms with Crippen molar-refractivity contribution in [1.29, 1.82) is 0 Å². The van der Waals surface area contributed by atoms with Crippen LogP contribution in [0.5, 0.6) is 0 Å². The first-order chi connectivity index (χ1) is 17.9. The smallest absolute Gasteiger partial charge is 0.298 e. The van der Waals surface area contributed by atoms with Crippen molar-refractivity contribution in [3.8, 4) is 34.2 Å². The molecule has 182 valence electrons. The van der Waals surface area contributed by atoms with Crippen LogP contribution in [0.2, 0.25) is 0 Å². The zero-order valence-corrected chi connectivity index (χ0v) is 19.4. The summed E-state index contributed by atoms with van der Waals surface area (Å²) in [6, 6.07) is 19.1. The summed E-state index contributed by atoms with van der Waals surface area (Å²) in [6.45, 7) is 1.90. The number of pyridine rings is 3. The van der Waals surface area contributed by atoms with Crippen LogP contribution in [0.1, 0.15) is 11.5 Å². The SMILES string of the molecule is Cc1ccc(-n2cc(-c3ccccn3)nc2-c2ccc(-n3c(C(F)(F)F)nc4cccnc43)cc2)cn1. The molecule has 0 saturated carbocycles. The van der Waals surface area contributed by atoms with Crippen LogP contribution in [-0.2, 0) is 6.18 Å². The summed E-state index contributed by atoms with van der Waals surface area (Å²) in [5, 5.41) is 0. The lowest BCUT2D eigenvalue weighted by molar-refractivity contribution is -0.145. The Morgan fingerprint density at radius 1 is 0.730 bits per heavy atom. The largest absolute Gasteiger partial charge is 0.450 e. The molecule has 0 saturated heterocycles. The van der Waals surface area contributed by atoms with Gasteiger partial charge >= 0.3 is 6.18 Å². The van der Waals surface area contributed by atoms with Gasteiger partial charge in [-0.2, -0.15) is 13.2 Å². The average molecular weight is 497 g/mol. The Kier molecular flexibility index (Phi) is 5.29. The van der Waals surface area contributed by atoms with Gasteiger partial charge in [-0.05, 0) is 67.6 Å². The number of alkyl halides is 3. The van der Waals surface area contributed by atoms with Crippen molar-refractivity contribution in [1.82, 2.24) is 34.1 Å². The van der Waals surface area contributed by atoms with Crippen molar-refractivity contribution >= 4 is 11.2 Å². The van der Waals surface area contributed by atoms with Gasteiger partial charge in [0.05, 0.1) is 17.6 Å². The molecule has 6 rings (SSSR count). The number of nitrogens with zero attached hydrogens (tertiary/aromatic N) is 7. The Hall–Kier alpha value is -4.86. The summed E-state index contributed by atoms with van der Waals surface area (Å²) in [6.07, 6.45) is 2.10. The minimum Gasteiger partial charge on any atom is -0.298 e. The second-order valence-electron chi connectivity index (χ2n) is 8.35. The number of fused-ring (bicyclic) bond motifs is 1. The summed E-state index contributed by atoms with van der Waals surface area (Å²) in [7, 11) is 0. The number of hydrogen-bond donors (Lipinski definition) is 0. The molecule has 1 aromatic carbocycles. The van der Waals surface area contributed by atoms with Gasteiger partial charge in [0.1, 0.15) is 17.0 Å². The van der Waals surface area contributed by atoms with Crippen molar-refractivity contribution in [3.63, 3.8) is 0 Å². The molecular formula is C27H18F3N7. The molecular weight excluding hydrogens is 479 g/mol. The van der Waals surface area contributed by atoms with Crippen molar-refractivity contribution < 1.29 is 13.2 Å². The first kappa shape index (κ1) is 22.6. The maximum atomic E-state index is 13.8. The van der Waals surface area contributed by atoms with Crippen LogP contribution in [0.25, 0.3) is 45.3 Å². The van der Waals surface area contributed by atoms with Crippen molar-refractivity contribution in [2.45, 2.75) is 13.1 Å². The molecule has 6 aromatic rings. The Labute approximate surface area is 209 Å². The zero-order chi connectivity index (χ0) is 25.6. The maximum absolute atomic E-state index is 13.8. The third-order valence-electron chi connectivity index (χ3n) is 5.86. The van der Waals surface area contributed by atoms with E-state index in [2.05, 4.69) is 19.9 Å². The lowest BCUT2D eigenvalue weighted by Crippen LogP contribution is -2.14. The van der Waals surface area contributed by atoms with Crippen LogP contribution in [0.4, 0.5) is 13.2 Å². The van der Waals surface area contributed by atoms with E-state index in [4.69, 9.17) is 4.98 Å².